The Morgan fingerprint density at radius 3 is 2.85 bits per heavy atom. The van der Waals surface area contributed by atoms with E-state index in [2.05, 4.69) is 0 Å². The first-order valence-electron chi connectivity index (χ1n) is 4.18. The molecule has 5 nitrogen and oxygen atoms in total. The molecule has 0 radical (unpaired) electrons. The maximum Gasteiger partial charge on any atom is 0.303 e. The molecule has 0 saturated carbocycles. The van der Waals surface area contributed by atoms with E-state index in [9.17, 15) is 9.59 Å². The van der Waals surface area contributed by atoms with Crippen LogP contribution in [0.2, 0.25) is 0 Å². The lowest BCUT2D eigenvalue weighted by atomic mass is 10.0. The smallest absolute Gasteiger partial charge is 0.303 e. The average Bonchev–Trinajstić information content (AvgIpc) is 2.30. The molecule has 3 N–H and O–H groups in total. The molecule has 0 aliphatic carbocycles. The van der Waals surface area contributed by atoms with Crippen molar-refractivity contribution < 1.29 is 19.4 Å². The first-order valence-corrected chi connectivity index (χ1v) is 4.18. The zero-order valence-electron chi connectivity index (χ0n) is 7.28. The van der Waals surface area contributed by atoms with Crippen molar-refractivity contribution in [1.29, 1.82) is 0 Å². The Kier molecular flexibility index (Phi) is 3.00. The van der Waals surface area contributed by atoms with Crippen LogP contribution in [0, 0.1) is 0 Å². The van der Waals surface area contributed by atoms with Gasteiger partial charge in [-0.05, 0) is 12.8 Å². The summed E-state index contributed by atoms with van der Waals surface area (Å²) >= 11 is 0. The van der Waals surface area contributed by atoms with Crippen LogP contribution in [0.5, 0.6) is 0 Å². The van der Waals surface area contributed by atoms with E-state index in [1.165, 1.54) is 0 Å². The van der Waals surface area contributed by atoms with Crippen molar-refractivity contribution in [2.45, 2.75) is 31.4 Å². The van der Waals surface area contributed by atoms with E-state index in [4.69, 9.17) is 15.6 Å². The number of ether oxygens (including phenoxy) is 1. The van der Waals surface area contributed by atoms with E-state index in [0.717, 1.165) is 0 Å². The SMILES string of the molecule is NC1(CCCC(=O)O)CC(=O)CO1. The number of nitrogens with two attached hydrogens (primary N) is 1. The molecular formula is C8H13NO4. The van der Waals surface area contributed by atoms with Gasteiger partial charge >= 0.3 is 5.97 Å². The summed E-state index contributed by atoms with van der Waals surface area (Å²) in [5, 5.41) is 8.37. The number of ketones is 1. The van der Waals surface area contributed by atoms with Gasteiger partial charge in [0.25, 0.3) is 0 Å². The summed E-state index contributed by atoms with van der Waals surface area (Å²) in [5.74, 6) is -0.870. The van der Waals surface area contributed by atoms with E-state index < -0.39 is 11.7 Å². The molecule has 5 heteroatoms. The summed E-state index contributed by atoms with van der Waals surface area (Å²) in [4.78, 5) is 21.0. The third kappa shape index (κ3) is 3.12. The highest BCUT2D eigenvalue weighted by molar-refractivity contribution is 5.82. The van der Waals surface area contributed by atoms with Crippen LogP contribution in [0.4, 0.5) is 0 Å². The zero-order valence-corrected chi connectivity index (χ0v) is 7.28. The maximum absolute atomic E-state index is 10.8. The van der Waals surface area contributed by atoms with E-state index >= 15 is 0 Å². The molecule has 1 aliphatic rings. The topological polar surface area (TPSA) is 89.6 Å². The molecule has 0 aromatic heterocycles. The second kappa shape index (κ2) is 3.85. The Bertz CT molecular complexity index is 228. The number of carboxylic acids is 1. The summed E-state index contributed by atoms with van der Waals surface area (Å²) < 4.78 is 5.07. The molecule has 1 saturated heterocycles. The first-order chi connectivity index (χ1) is 6.02. The molecule has 1 unspecified atom stereocenters. The molecule has 0 aromatic carbocycles. The van der Waals surface area contributed by atoms with Crippen LogP contribution in [0.15, 0.2) is 0 Å². The van der Waals surface area contributed by atoms with Gasteiger partial charge in [0.1, 0.15) is 12.3 Å². The predicted molar refractivity (Wildman–Crippen MR) is 44.0 cm³/mol. The molecule has 1 aliphatic heterocycles. The quantitative estimate of drug-likeness (QED) is 0.640. The minimum absolute atomic E-state index is 0.0159. The highest BCUT2D eigenvalue weighted by Crippen LogP contribution is 2.23. The van der Waals surface area contributed by atoms with Gasteiger partial charge < -0.3 is 15.6 Å². The lowest BCUT2D eigenvalue weighted by Gasteiger charge is -2.21. The molecular weight excluding hydrogens is 174 g/mol. The van der Waals surface area contributed by atoms with Gasteiger partial charge in [0.15, 0.2) is 5.78 Å². The van der Waals surface area contributed by atoms with Gasteiger partial charge in [0.2, 0.25) is 0 Å². The molecule has 0 spiro atoms. The van der Waals surface area contributed by atoms with Gasteiger partial charge in [0.05, 0.1) is 6.42 Å². The number of Topliss-reactive ketones (excluding diaryl/α,β-unsaturated/α-hetero) is 1. The Hall–Kier alpha value is -0.940. The van der Waals surface area contributed by atoms with Crippen LogP contribution >= 0.6 is 0 Å². The third-order valence-electron chi connectivity index (χ3n) is 2.01. The molecule has 0 aromatic rings. The fourth-order valence-corrected chi connectivity index (χ4v) is 1.36. The second-order valence-electron chi connectivity index (χ2n) is 3.32. The van der Waals surface area contributed by atoms with Crippen LogP contribution in [0.1, 0.15) is 25.7 Å². The van der Waals surface area contributed by atoms with E-state index in [1.54, 1.807) is 0 Å². The number of carbonyl (C=O) groups is 2. The second-order valence-corrected chi connectivity index (χ2v) is 3.32. The van der Waals surface area contributed by atoms with Crippen molar-refractivity contribution in [2.75, 3.05) is 6.61 Å². The number of carboxylic acid groups (broad SMARTS) is 1. The highest BCUT2D eigenvalue weighted by atomic mass is 16.5. The Labute approximate surface area is 75.9 Å². The van der Waals surface area contributed by atoms with Crippen molar-refractivity contribution in [2.24, 2.45) is 5.73 Å². The maximum atomic E-state index is 10.8. The fraction of sp³-hybridized carbons (Fsp3) is 0.750. The fourth-order valence-electron chi connectivity index (χ4n) is 1.36. The van der Waals surface area contributed by atoms with Crippen molar-refractivity contribution in [3.05, 3.63) is 0 Å². The molecule has 1 heterocycles. The Morgan fingerprint density at radius 2 is 2.38 bits per heavy atom. The lowest BCUT2D eigenvalue weighted by Crippen LogP contribution is -2.39. The normalized spacial score (nSPS) is 27.9. The zero-order chi connectivity index (χ0) is 9.90. The van der Waals surface area contributed by atoms with Gasteiger partial charge in [-0.1, -0.05) is 0 Å². The molecule has 1 rings (SSSR count). The molecule has 13 heavy (non-hydrogen) atoms. The van der Waals surface area contributed by atoms with Gasteiger partial charge in [-0.2, -0.15) is 0 Å². The van der Waals surface area contributed by atoms with Crippen molar-refractivity contribution >= 4 is 11.8 Å². The van der Waals surface area contributed by atoms with E-state index in [1.807, 2.05) is 0 Å². The number of carbonyl (C=O) groups excluding carboxylic acids is 1. The van der Waals surface area contributed by atoms with Crippen molar-refractivity contribution in [3.8, 4) is 0 Å². The number of hydrogen-bond acceptors (Lipinski definition) is 4. The van der Waals surface area contributed by atoms with E-state index in [-0.39, 0.29) is 25.2 Å². The summed E-state index contributed by atoms with van der Waals surface area (Å²) in [6.07, 6.45) is 1.13. The Morgan fingerprint density at radius 1 is 1.69 bits per heavy atom. The molecule has 0 amide bonds. The minimum atomic E-state index is -0.910. The van der Waals surface area contributed by atoms with Gasteiger partial charge in [0, 0.05) is 6.42 Å². The van der Waals surface area contributed by atoms with Crippen molar-refractivity contribution in [3.63, 3.8) is 0 Å². The first kappa shape index (κ1) is 10.1. The highest BCUT2D eigenvalue weighted by Gasteiger charge is 2.35. The standard InChI is InChI=1S/C8H13NO4/c9-8(3-1-2-7(11)12)4-6(10)5-13-8/h1-5,9H2,(H,11,12). The predicted octanol–water partition coefficient (Wildman–Crippen LogP) is -0.114. The van der Waals surface area contributed by atoms with Crippen LogP contribution in [-0.4, -0.2) is 29.2 Å². The number of hydrogen-bond donors (Lipinski definition) is 2. The Balaban J connectivity index is 2.27. The molecule has 1 fully saturated rings. The summed E-state index contributed by atoms with van der Waals surface area (Å²) in [5.41, 5.74) is 4.79. The van der Waals surface area contributed by atoms with Crippen LogP contribution in [-0.2, 0) is 14.3 Å². The molecule has 0 bridgehead atoms. The van der Waals surface area contributed by atoms with Gasteiger partial charge in [-0.3, -0.25) is 9.59 Å². The van der Waals surface area contributed by atoms with Crippen LogP contribution in [0.25, 0.3) is 0 Å². The summed E-state index contributed by atoms with van der Waals surface area (Å²) in [6, 6.07) is 0. The van der Waals surface area contributed by atoms with Crippen LogP contribution < -0.4 is 5.73 Å². The number of rotatable bonds is 4. The van der Waals surface area contributed by atoms with Crippen molar-refractivity contribution in [1.82, 2.24) is 0 Å². The van der Waals surface area contributed by atoms with Crippen LogP contribution in [0.3, 0.4) is 0 Å². The largest absolute Gasteiger partial charge is 0.481 e. The third-order valence-corrected chi connectivity index (χ3v) is 2.01. The minimum Gasteiger partial charge on any atom is -0.481 e. The summed E-state index contributed by atoms with van der Waals surface area (Å²) in [6.45, 7) is 0.0591. The lowest BCUT2D eigenvalue weighted by molar-refractivity contribution is -0.137. The van der Waals surface area contributed by atoms with E-state index in [0.29, 0.717) is 12.8 Å². The average molecular weight is 187 g/mol. The summed E-state index contributed by atoms with van der Waals surface area (Å²) in [7, 11) is 0. The molecule has 74 valence electrons. The number of aliphatic carboxylic acids is 1. The molecule has 1 atom stereocenters. The monoisotopic (exact) mass is 187 g/mol. The van der Waals surface area contributed by atoms with Gasteiger partial charge in [-0.15, -0.1) is 0 Å². The van der Waals surface area contributed by atoms with Gasteiger partial charge in [-0.25, -0.2) is 0 Å².